The predicted octanol–water partition coefficient (Wildman–Crippen LogP) is -2.83. The van der Waals surface area contributed by atoms with E-state index in [9.17, 15) is 22.6 Å². The van der Waals surface area contributed by atoms with E-state index in [1.54, 1.807) is 0 Å². The van der Waals surface area contributed by atoms with Crippen LogP contribution in [0.4, 0.5) is 5.69 Å². The molecule has 0 aromatic heterocycles. The van der Waals surface area contributed by atoms with Crippen LogP contribution in [-0.4, -0.2) is 30.0 Å². The molecule has 0 bridgehead atoms. The molecule has 0 saturated heterocycles. The Morgan fingerprint density at radius 2 is 1.68 bits per heavy atom. The number of anilines is 1. The first-order valence-electron chi connectivity index (χ1n) is 4.57. The Hall–Kier alpha value is -0.554. The third-order valence-corrected chi connectivity index (χ3v) is 2.64. The molecule has 0 spiro atoms. The molecule has 0 radical (unpaired) electrons. The average molecular weight is 309 g/mol. The fourth-order valence-electron chi connectivity index (χ4n) is 1.04. The molecule has 1 aromatic carbocycles. The quantitative estimate of drug-likeness (QED) is 0.351. The molecule has 0 unspecified atom stereocenters. The topological polar surface area (TPSA) is 124 Å². The molecule has 1 rings (SSSR count). The maximum Gasteiger partial charge on any atom is 1.00 e. The van der Waals surface area contributed by atoms with Crippen molar-refractivity contribution in [2.24, 2.45) is 0 Å². The number of carboxylic acids is 1. The number of carbonyl (C=O) groups is 2. The number of benzene rings is 1. The second-order valence-corrected chi connectivity index (χ2v) is 4.52. The number of aliphatic carboxylic acids is 1. The number of hydrogen-bond donors (Lipinski definition) is 2. The van der Waals surface area contributed by atoms with Crippen molar-refractivity contribution in [3.05, 3.63) is 36.4 Å². The Balaban J connectivity index is 0.00000324. The number of hydrogen-bond acceptors (Lipinski definition) is 5. The monoisotopic (exact) mass is 309 g/mol. The van der Waals surface area contributed by atoms with Gasteiger partial charge in [-0.05, 0) is 24.3 Å². The Labute approximate surface area is 151 Å². The van der Waals surface area contributed by atoms with E-state index in [-0.39, 0.29) is 57.1 Å². The minimum Gasteiger partial charge on any atom is -0.744 e. The fraction of sp³-hybridized carbons (Fsp3) is 0. The predicted molar refractivity (Wildman–Crippen MR) is 59.8 cm³/mol. The van der Waals surface area contributed by atoms with Crippen molar-refractivity contribution in [1.82, 2.24) is 0 Å². The molecule has 0 atom stereocenters. The smallest absolute Gasteiger partial charge is 0.744 e. The van der Waals surface area contributed by atoms with Crippen molar-refractivity contribution in [3.63, 3.8) is 0 Å². The molecule has 0 heterocycles. The minimum atomic E-state index is -4.52. The second-order valence-electron chi connectivity index (χ2n) is 3.14. The van der Waals surface area contributed by atoms with E-state index >= 15 is 0 Å². The Bertz CT molecular complexity index is 593. The number of carbonyl (C=O) groups excluding carboxylic acids is 1. The molecule has 2 N–H and O–H groups in total. The molecule has 0 fully saturated rings. The van der Waals surface area contributed by atoms with Crippen molar-refractivity contribution >= 4 is 27.7 Å². The van der Waals surface area contributed by atoms with Gasteiger partial charge in [-0.25, -0.2) is 13.2 Å². The third kappa shape index (κ3) is 6.97. The van der Waals surface area contributed by atoms with Crippen molar-refractivity contribution in [1.29, 1.82) is 0 Å². The summed E-state index contributed by atoms with van der Waals surface area (Å²) in [5.74, 6) is -1.95. The van der Waals surface area contributed by atoms with Gasteiger partial charge in [0.25, 0.3) is 0 Å². The number of nitrogens with one attached hydrogen (secondary N) is 1. The Kier molecular flexibility index (Phi) is 7.67. The first-order valence-corrected chi connectivity index (χ1v) is 5.98. The van der Waals surface area contributed by atoms with Crippen LogP contribution in [0.1, 0.15) is 0 Å². The van der Waals surface area contributed by atoms with Crippen LogP contribution in [0.2, 0.25) is 0 Å². The number of rotatable bonds is 4. The summed E-state index contributed by atoms with van der Waals surface area (Å²) in [6.07, 6.45) is 1.46. The van der Waals surface area contributed by atoms with Gasteiger partial charge in [0.15, 0.2) is 0 Å². The van der Waals surface area contributed by atoms with Gasteiger partial charge in [-0.3, -0.25) is 4.79 Å². The molecule has 19 heavy (non-hydrogen) atoms. The van der Waals surface area contributed by atoms with Gasteiger partial charge in [-0.2, -0.15) is 0 Å². The standard InChI is InChI=1S/C10H9NO6S.K/c12-9(5-6-10(13)14)11-7-1-3-8(4-2-7)18(15,16)17;/h1-6H,(H,11,12)(H,13,14)(H,15,16,17);/q;+1/p-1. The maximum atomic E-state index is 11.2. The molecule has 0 aliphatic heterocycles. The SMILES string of the molecule is O=C(O)C=CC(=O)Nc1ccc(S(=O)(=O)[O-])cc1.[K+]. The molecular formula is C10H8KNO6S. The third-order valence-electron chi connectivity index (χ3n) is 1.79. The van der Waals surface area contributed by atoms with Crippen molar-refractivity contribution in [2.75, 3.05) is 5.32 Å². The van der Waals surface area contributed by atoms with Crippen LogP contribution in [0.15, 0.2) is 41.3 Å². The second kappa shape index (κ2) is 7.90. The van der Waals surface area contributed by atoms with E-state index in [4.69, 9.17) is 5.11 Å². The molecular weight excluding hydrogens is 301 g/mol. The van der Waals surface area contributed by atoms with E-state index < -0.39 is 26.9 Å². The zero-order chi connectivity index (χ0) is 13.8. The van der Waals surface area contributed by atoms with E-state index in [0.717, 1.165) is 18.2 Å². The van der Waals surface area contributed by atoms with Crippen LogP contribution >= 0.6 is 0 Å². The largest absolute Gasteiger partial charge is 1.00 e. The molecule has 1 amide bonds. The maximum absolute atomic E-state index is 11.2. The van der Waals surface area contributed by atoms with Gasteiger partial charge >= 0.3 is 57.4 Å². The van der Waals surface area contributed by atoms with Crippen LogP contribution in [0.5, 0.6) is 0 Å². The van der Waals surface area contributed by atoms with Gasteiger partial charge < -0.3 is 15.0 Å². The Morgan fingerprint density at radius 3 is 2.11 bits per heavy atom. The Morgan fingerprint density at radius 1 is 1.16 bits per heavy atom. The summed E-state index contributed by atoms with van der Waals surface area (Å²) >= 11 is 0. The summed E-state index contributed by atoms with van der Waals surface area (Å²) in [5.41, 5.74) is 0.238. The van der Waals surface area contributed by atoms with Gasteiger partial charge in [0.05, 0.1) is 4.90 Å². The summed E-state index contributed by atoms with van der Waals surface area (Å²) in [7, 11) is -4.52. The van der Waals surface area contributed by atoms with E-state index in [1.165, 1.54) is 12.1 Å². The number of amides is 1. The summed E-state index contributed by atoms with van der Waals surface area (Å²) in [4.78, 5) is 20.9. The van der Waals surface area contributed by atoms with Crippen molar-refractivity contribution < 1.29 is 79.1 Å². The van der Waals surface area contributed by atoms with Gasteiger partial charge in [0.1, 0.15) is 10.1 Å². The van der Waals surface area contributed by atoms with E-state index in [1.807, 2.05) is 0 Å². The van der Waals surface area contributed by atoms with Gasteiger partial charge in [0.2, 0.25) is 5.91 Å². The summed E-state index contributed by atoms with van der Waals surface area (Å²) < 4.78 is 31.9. The minimum absolute atomic E-state index is 0. The van der Waals surface area contributed by atoms with Crippen LogP contribution < -0.4 is 56.7 Å². The normalized spacial score (nSPS) is 10.8. The van der Waals surface area contributed by atoms with Gasteiger partial charge in [-0.1, -0.05) is 0 Å². The molecule has 0 aliphatic carbocycles. The van der Waals surface area contributed by atoms with Crippen molar-refractivity contribution in [3.8, 4) is 0 Å². The molecule has 9 heteroatoms. The van der Waals surface area contributed by atoms with Crippen LogP contribution in [0.3, 0.4) is 0 Å². The van der Waals surface area contributed by atoms with Gasteiger partial charge in [0, 0.05) is 17.8 Å². The fourth-order valence-corrected chi connectivity index (χ4v) is 1.51. The molecule has 96 valence electrons. The molecule has 0 saturated carbocycles. The zero-order valence-electron chi connectivity index (χ0n) is 9.86. The van der Waals surface area contributed by atoms with E-state index in [2.05, 4.69) is 5.32 Å². The van der Waals surface area contributed by atoms with Gasteiger partial charge in [-0.15, -0.1) is 0 Å². The van der Waals surface area contributed by atoms with Crippen LogP contribution in [-0.2, 0) is 19.7 Å². The number of carboxylic acid groups (broad SMARTS) is 1. The van der Waals surface area contributed by atoms with Crippen molar-refractivity contribution in [2.45, 2.75) is 4.90 Å². The molecule has 1 aromatic rings. The summed E-state index contributed by atoms with van der Waals surface area (Å²) in [6, 6.07) is 4.52. The molecule has 7 nitrogen and oxygen atoms in total. The summed E-state index contributed by atoms with van der Waals surface area (Å²) in [6.45, 7) is 0. The zero-order valence-corrected chi connectivity index (χ0v) is 13.8. The first-order chi connectivity index (χ1) is 8.29. The van der Waals surface area contributed by atoms with Crippen LogP contribution in [0.25, 0.3) is 0 Å². The molecule has 0 aliphatic rings. The summed E-state index contributed by atoms with van der Waals surface area (Å²) in [5, 5.41) is 10.6. The average Bonchev–Trinajstić information content (AvgIpc) is 2.26. The van der Waals surface area contributed by atoms with Crippen LogP contribution in [0, 0.1) is 0 Å². The first kappa shape index (κ1) is 18.4. The van der Waals surface area contributed by atoms with E-state index in [0.29, 0.717) is 6.08 Å².